The summed E-state index contributed by atoms with van der Waals surface area (Å²) in [4.78, 5) is 11.7. The van der Waals surface area contributed by atoms with Crippen molar-refractivity contribution in [1.29, 1.82) is 0 Å². The minimum Gasteiger partial charge on any atom is -0.394 e. The second-order valence-corrected chi connectivity index (χ2v) is 4.08. The molecule has 0 aromatic carbocycles. The first-order valence-corrected chi connectivity index (χ1v) is 4.71. The van der Waals surface area contributed by atoms with Gasteiger partial charge in [0.25, 0.3) is 0 Å². The summed E-state index contributed by atoms with van der Waals surface area (Å²) < 4.78 is 0. The summed E-state index contributed by atoms with van der Waals surface area (Å²) in [6, 6.07) is 0. The van der Waals surface area contributed by atoms with Crippen LogP contribution < -0.4 is 10.6 Å². The predicted octanol–water partition coefficient (Wildman–Crippen LogP) is -2.18. The van der Waals surface area contributed by atoms with E-state index in [0.29, 0.717) is 0 Å². The van der Waals surface area contributed by atoms with E-state index >= 15 is 0 Å². The van der Waals surface area contributed by atoms with Crippen LogP contribution in [0.2, 0.25) is 0 Å². The molecule has 0 spiro atoms. The van der Waals surface area contributed by atoms with Crippen molar-refractivity contribution in [3.63, 3.8) is 0 Å². The van der Waals surface area contributed by atoms with Crippen LogP contribution in [-0.2, 0) is 4.79 Å². The maximum Gasteiger partial charge on any atom is 0.240 e. The molecular weight excluding hydrogens is 200 g/mol. The summed E-state index contributed by atoms with van der Waals surface area (Å²) in [5.74, 6) is -0.401. The third kappa shape index (κ3) is 3.42. The molecule has 0 aliphatic rings. The lowest BCUT2D eigenvalue weighted by Gasteiger charge is -2.33. The lowest BCUT2D eigenvalue weighted by molar-refractivity contribution is -0.130. The normalized spacial score (nSPS) is 12.7. The van der Waals surface area contributed by atoms with Crippen LogP contribution in [0.3, 0.4) is 0 Å². The van der Waals surface area contributed by atoms with Crippen molar-refractivity contribution >= 4 is 5.91 Å². The van der Waals surface area contributed by atoms with E-state index < -0.39 is 36.8 Å². The van der Waals surface area contributed by atoms with Crippen LogP contribution in [0, 0.1) is 0 Å². The number of hydrogen-bond donors (Lipinski definition) is 5. The molecule has 0 aliphatic carbocycles. The zero-order valence-corrected chi connectivity index (χ0v) is 9.37. The third-order valence-corrected chi connectivity index (χ3v) is 2.48. The van der Waals surface area contributed by atoms with E-state index in [1.54, 1.807) is 20.9 Å². The summed E-state index contributed by atoms with van der Waals surface area (Å²) in [7, 11) is 1.62. The van der Waals surface area contributed by atoms with Crippen LogP contribution in [0.1, 0.15) is 13.8 Å². The van der Waals surface area contributed by atoms with Crippen LogP contribution >= 0.6 is 0 Å². The Kier molecular flexibility index (Phi) is 5.16. The van der Waals surface area contributed by atoms with Crippen LogP contribution in [0.15, 0.2) is 0 Å². The summed E-state index contributed by atoms with van der Waals surface area (Å²) >= 11 is 0. The van der Waals surface area contributed by atoms with Gasteiger partial charge in [-0.15, -0.1) is 0 Å². The maximum atomic E-state index is 11.7. The second-order valence-electron chi connectivity index (χ2n) is 4.08. The number of hydrogen-bond acceptors (Lipinski definition) is 5. The Morgan fingerprint density at radius 2 is 1.53 bits per heavy atom. The quantitative estimate of drug-likeness (QED) is 0.350. The van der Waals surface area contributed by atoms with Crippen molar-refractivity contribution in [2.24, 2.45) is 0 Å². The molecule has 0 unspecified atom stereocenters. The van der Waals surface area contributed by atoms with Gasteiger partial charge in [0.1, 0.15) is 5.54 Å². The molecule has 6 nitrogen and oxygen atoms in total. The van der Waals surface area contributed by atoms with E-state index in [9.17, 15) is 4.79 Å². The third-order valence-electron chi connectivity index (χ3n) is 2.48. The van der Waals surface area contributed by atoms with E-state index in [2.05, 4.69) is 10.6 Å². The molecule has 0 aromatic heterocycles. The van der Waals surface area contributed by atoms with Gasteiger partial charge in [0.15, 0.2) is 0 Å². The number of nitrogens with one attached hydrogen (secondary N) is 2. The molecule has 0 saturated carbocycles. The molecule has 0 heterocycles. The highest BCUT2D eigenvalue weighted by atomic mass is 16.3. The average Bonchev–Trinajstić information content (AvgIpc) is 2.25. The molecule has 90 valence electrons. The number of carbonyl (C=O) groups excluding carboxylic acids is 1. The molecule has 6 heteroatoms. The molecule has 0 aliphatic heterocycles. The van der Waals surface area contributed by atoms with Gasteiger partial charge < -0.3 is 26.0 Å². The molecule has 0 rings (SSSR count). The fourth-order valence-electron chi connectivity index (χ4n) is 0.779. The SMILES string of the molecule is CNC(C)(C)C(=O)NC(CO)(CO)CO. The number of amides is 1. The van der Waals surface area contributed by atoms with E-state index in [-0.39, 0.29) is 0 Å². The topological polar surface area (TPSA) is 102 Å². The highest BCUT2D eigenvalue weighted by Gasteiger charge is 2.35. The van der Waals surface area contributed by atoms with E-state index in [0.717, 1.165) is 0 Å². The maximum absolute atomic E-state index is 11.7. The minimum atomic E-state index is -1.37. The number of aliphatic hydroxyl groups is 3. The second kappa shape index (κ2) is 5.41. The Labute approximate surface area is 89.3 Å². The van der Waals surface area contributed by atoms with Crippen LogP contribution in [0.4, 0.5) is 0 Å². The van der Waals surface area contributed by atoms with Gasteiger partial charge in [0.2, 0.25) is 5.91 Å². The Balaban J connectivity index is 4.62. The van der Waals surface area contributed by atoms with Crippen LogP contribution in [-0.4, -0.2) is 59.2 Å². The molecule has 0 fully saturated rings. The Morgan fingerprint density at radius 3 is 1.80 bits per heavy atom. The van der Waals surface area contributed by atoms with Crippen molar-refractivity contribution < 1.29 is 20.1 Å². The Hall–Kier alpha value is -0.690. The molecule has 0 radical (unpaired) electrons. The van der Waals surface area contributed by atoms with Gasteiger partial charge in [-0.2, -0.15) is 0 Å². The van der Waals surface area contributed by atoms with Gasteiger partial charge in [-0.25, -0.2) is 0 Å². The molecule has 0 aromatic rings. The highest BCUT2D eigenvalue weighted by Crippen LogP contribution is 2.07. The van der Waals surface area contributed by atoms with Gasteiger partial charge in [-0.05, 0) is 20.9 Å². The number of aliphatic hydroxyl groups excluding tert-OH is 3. The van der Waals surface area contributed by atoms with Crippen LogP contribution in [0.5, 0.6) is 0 Å². The monoisotopic (exact) mass is 220 g/mol. The van der Waals surface area contributed by atoms with Gasteiger partial charge >= 0.3 is 0 Å². The number of carbonyl (C=O) groups is 1. The van der Waals surface area contributed by atoms with Crippen molar-refractivity contribution in [3.8, 4) is 0 Å². The van der Waals surface area contributed by atoms with Gasteiger partial charge in [-0.3, -0.25) is 4.79 Å². The van der Waals surface area contributed by atoms with Gasteiger partial charge in [0, 0.05) is 0 Å². The van der Waals surface area contributed by atoms with Gasteiger partial charge in [-0.1, -0.05) is 0 Å². The summed E-state index contributed by atoms with van der Waals surface area (Å²) in [6.07, 6.45) is 0. The first kappa shape index (κ1) is 14.3. The molecule has 5 N–H and O–H groups in total. The zero-order valence-electron chi connectivity index (χ0n) is 9.37. The van der Waals surface area contributed by atoms with E-state index in [1.807, 2.05) is 0 Å². The minimum absolute atomic E-state index is 0.401. The fraction of sp³-hybridized carbons (Fsp3) is 0.889. The average molecular weight is 220 g/mol. The molecule has 0 atom stereocenters. The standard InChI is InChI=1S/C9H20N2O4/c1-8(2,10-3)7(15)11-9(4-12,5-13)6-14/h10,12-14H,4-6H2,1-3H3,(H,11,15). The van der Waals surface area contributed by atoms with E-state index in [1.165, 1.54) is 0 Å². The van der Waals surface area contributed by atoms with Crippen molar-refractivity contribution in [2.45, 2.75) is 24.9 Å². The van der Waals surface area contributed by atoms with Crippen molar-refractivity contribution in [3.05, 3.63) is 0 Å². The first-order chi connectivity index (χ1) is 6.87. The first-order valence-electron chi connectivity index (χ1n) is 4.71. The van der Waals surface area contributed by atoms with Crippen LogP contribution in [0.25, 0.3) is 0 Å². The Bertz CT molecular complexity index is 206. The largest absolute Gasteiger partial charge is 0.394 e. The predicted molar refractivity (Wildman–Crippen MR) is 55.3 cm³/mol. The summed E-state index contributed by atoms with van der Waals surface area (Å²) in [5, 5.41) is 32.2. The fourth-order valence-corrected chi connectivity index (χ4v) is 0.779. The van der Waals surface area contributed by atoms with Crippen molar-refractivity contribution in [1.82, 2.24) is 10.6 Å². The van der Waals surface area contributed by atoms with Crippen molar-refractivity contribution in [2.75, 3.05) is 26.9 Å². The molecule has 15 heavy (non-hydrogen) atoms. The molecule has 1 amide bonds. The summed E-state index contributed by atoms with van der Waals surface area (Å²) in [5.41, 5.74) is -2.20. The van der Waals surface area contributed by atoms with E-state index in [4.69, 9.17) is 15.3 Å². The zero-order chi connectivity index (χ0) is 12.1. The lowest BCUT2D eigenvalue weighted by atomic mass is 9.99. The Morgan fingerprint density at radius 1 is 1.13 bits per heavy atom. The number of rotatable bonds is 6. The lowest BCUT2D eigenvalue weighted by Crippen LogP contribution is -2.63. The molecular formula is C9H20N2O4. The smallest absolute Gasteiger partial charge is 0.240 e. The number of likely N-dealkylation sites (N-methyl/N-ethyl adjacent to an activating group) is 1. The summed E-state index contributed by atoms with van der Waals surface area (Å²) in [6.45, 7) is 1.74. The molecule has 0 saturated heterocycles. The van der Waals surface area contributed by atoms with Gasteiger partial charge in [0.05, 0.1) is 25.4 Å². The molecule has 0 bridgehead atoms. The highest BCUT2D eigenvalue weighted by molar-refractivity contribution is 5.86.